The van der Waals surface area contributed by atoms with E-state index >= 15 is 0 Å². The Balaban J connectivity index is 1.82. The lowest BCUT2D eigenvalue weighted by molar-refractivity contribution is -0.144. The summed E-state index contributed by atoms with van der Waals surface area (Å²) in [6.07, 6.45) is 0. The Bertz CT molecular complexity index is 806. The number of carbonyl (C=O) groups excluding carboxylic acids is 2. The van der Waals surface area contributed by atoms with E-state index in [0.29, 0.717) is 22.1 Å². The number of halogens is 1. The van der Waals surface area contributed by atoms with Crippen LogP contribution in [0.25, 0.3) is 0 Å². The van der Waals surface area contributed by atoms with Gasteiger partial charge in [0, 0.05) is 5.56 Å². The second-order valence-corrected chi connectivity index (χ2v) is 7.40. The maximum Gasteiger partial charge on any atom is 0.344 e. The van der Waals surface area contributed by atoms with E-state index in [1.165, 1.54) is 18.7 Å². The molecule has 0 saturated carbocycles. The minimum atomic E-state index is -0.622. The molecule has 0 atom stereocenters. The van der Waals surface area contributed by atoms with E-state index < -0.39 is 5.97 Å². The first kappa shape index (κ1) is 20.8. The molecular formula is C21H23ClO5. The predicted octanol–water partition coefficient (Wildman–Crippen LogP) is 4.45. The van der Waals surface area contributed by atoms with E-state index in [2.05, 4.69) is 20.8 Å². The molecule has 0 N–H and O–H groups in total. The van der Waals surface area contributed by atoms with Crippen molar-refractivity contribution in [2.24, 2.45) is 0 Å². The first-order valence-electron chi connectivity index (χ1n) is 8.46. The minimum Gasteiger partial charge on any atom is -0.495 e. The second kappa shape index (κ2) is 8.91. The molecule has 2 aromatic carbocycles. The van der Waals surface area contributed by atoms with Crippen LogP contribution in [0.3, 0.4) is 0 Å². The van der Waals surface area contributed by atoms with Crippen molar-refractivity contribution in [1.82, 2.24) is 0 Å². The molecule has 6 heteroatoms. The zero-order valence-electron chi connectivity index (χ0n) is 15.9. The smallest absolute Gasteiger partial charge is 0.344 e. The van der Waals surface area contributed by atoms with Crippen LogP contribution in [0.15, 0.2) is 42.5 Å². The number of hydrogen-bond donors (Lipinski definition) is 0. The van der Waals surface area contributed by atoms with E-state index in [4.69, 9.17) is 25.8 Å². The summed E-state index contributed by atoms with van der Waals surface area (Å²) in [5, 5.41) is 0.316. The zero-order valence-corrected chi connectivity index (χ0v) is 16.6. The number of benzene rings is 2. The van der Waals surface area contributed by atoms with E-state index in [0.717, 1.165) is 0 Å². The zero-order chi connectivity index (χ0) is 20.0. The first-order valence-corrected chi connectivity index (χ1v) is 8.84. The summed E-state index contributed by atoms with van der Waals surface area (Å²) in [5.74, 6) is 0.0505. The highest BCUT2D eigenvalue weighted by atomic mass is 35.5. The van der Waals surface area contributed by atoms with Crippen LogP contribution < -0.4 is 9.47 Å². The highest BCUT2D eigenvalue weighted by Gasteiger charge is 2.14. The van der Waals surface area contributed by atoms with Gasteiger partial charge in [-0.3, -0.25) is 4.79 Å². The third-order valence-corrected chi connectivity index (χ3v) is 4.21. The average molecular weight is 391 g/mol. The monoisotopic (exact) mass is 390 g/mol. The molecule has 2 rings (SSSR count). The number of Topliss-reactive ketones (excluding diaryl/α,β-unsaturated/α-hetero) is 1. The number of ketones is 1. The Labute approximate surface area is 164 Å². The van der Waals surface area contributed by atoms with Gasteiger partial charge in [0.2, 0.25) is 0 Å². The number of methoxy groups -OCH3 is 1. The Kier molecular flexibility index (Phi) is 6.86. The fourth-order valence-corrected chi connectivity index (χ4v) is 2.56. The third kappa shape index (κ3) is 6.00. The van der Waals surface area contributed by atoms with Crippen LogP contribution in [0.2, 0.25) is 5.02 Å². The molecular weight excluding hydrogens is 368 g/mol. The largest absolute Gasteiger partial charge is 0.495 e. The van der Waals surface area contributed by atoms with Crippen molar-refractivity contribution in [3.8, 4) is 11.5 Å². The Morgan fingerprint density at radius 3 is 2.22 bits per heavy atom. The van der Waals surface area contributed by atoms with Gasteiger partial charge in [0.25, 0.3) is 0 Å². The summed E-state index contributed by atoms with van der Waals surface area (Å²) in [7, 11) is 1.49. The van der Waals surface area contributed by atoms with E-state index in [9.17, 15) is 9.59 Å². The molecule has 0 amide bonds. The molecule has 2 aromatic rings. The van der Waals surface area contributed by atoms with Crippen LogP contribution in [0, 0.1) is 0 Å². The van der Waals surface area contributed by atoms with Crippen LogP contribution in [-0.2, 0) is 14.9 Å². The number of carbonyl (C=O) groups is 2. The molecule has 5 nitrogen and oxygen atoms in total. The molecule has 0 saturated heterocycles. The number of ether oxygens (including phenoxy) is 3. The summed E-state index contributed by atoms with van der Waals surface area (Å²) in [6.45, 7) is 5.70. The average Bonchev–Trinajstić information content (AvgIpc) is 2.64. The van der Waals surface area contributed by atoms with Crippen molar-refractivity contribution in [3.05, 3.63) is 58.6 Å². The van der Waals surface area contributed by atoms with Gasteiger partial charge in [-0.05, 0) is 41.3 Å². The SMILES string of the molecule is COc1ccc(C(=O)COC(=O)COc2ccc(C(C)(C)C)cc2)cc1Cl. The van der Waals surface area contributed by atoms with Crippen LogP contribution in [0.5, 0.6) is 11.5 Å². The molecule has 27 heavy (non-hydrogen) atoms. The van der Waals surface area contributed by atoms with E-state index in [1.807, 2.05) is 12.1 Å². The molecule has 0 aromatic heterocycles. The van der Waals surface area contributed by atoms with Gasteiger partial charge in [0.05, 0.1) is 12.1 Å². The summed E-state index contributed by atoms with van der Waals surface area (Å²) in [6, 6.07) is 12.1. The predicted molar refractivity (Wildman–Crippen MR) is 104 cm³/mol. The van der Waals surface area contributed by atoms with Gasteiger partial charge in [0.1, 0.15) is 11.5 Å². The first-order chi connectivity index (χ1) is 12.7. The molecule has 0 spiro atoms. The van der Waals surface area contributed by atoms with Crippen LogP contribution in [0.1, 0.15) is 36.7 Å². The Hall–Kier alpha value is -2.53. The molecule has 0 aliphatic rings. The highest BCUT2D eigenvalue weighted by Crippen LogP contribution is 2.25. The van der Waals surface area contributed by atoms with Crippen molar-refractivity contribution in [3.63, 3.8) is 0 Å². The van der Waals surface area contributed by atoms with Gasteiger partial charge < -0.3 is 14.2 Å². The second-order valence-electron chi connectivity index (χ2n) is 7.00. The van der Waals surface area contributed by atoms with Gasteiger partial charge in [-0.1, -0.05) is 44.5 Å². The van der Waals surface area contributed by atoms with Crippen molar-refractivity contribution >= 4 is 23.4 Å². The Morgan fingerprint density at radius 2 is 1.67 bits per heavy atom. The van der Waals surface area contributed by atoms with E-state index in [-0.39, 0.29) is 24.4 Å². The van der Waals surface area contributed by atoms with Crippen LogP contribution in [0.4, 0.5) is 0 Å². The fourth-order valence-electron chi connectivity index (χ4n) is 2.30. The summed E-state index contributed by atoms with van der Waals surface area (Å²) < 4.78 is 15.4. The molecule has 0 aliphatic carbocycles. The molecule has 0 aliphatic heterocycles. The third-order valence-electron chi connectivity index (χ3n) is 3.92. The van der Waals surface area contributed by atoms with Crippen molar-refractivity contribution in [1.29, 1.82) is 0 Å². The molecule has 0 unspecified atom stereocenters. The molecule has 144 valence electrons. The number of esters is 1. The summed E-state index contributed by atoms with van der Waals surface area (Å²) in [4.78, 5) is 23.9. The van der Waals surface area contributed by atoms with Crippen molar-refractivity contribution < 1.29 is 23.8 Å². The van der Waals surface area contributed by atoms with Gasteiger partial charge >= 0.3 is 5.97 Å². The standard InChI is InChI=1S/C21H23ClO5/c1-21(2,3)15-6-8-16(9-7-15)26-13-20(24)27-12-18(23)14-5-10-19(25-4)17(22)11-14/h5-11H,12-13H2,1-4H3. The molecule has 0 bridgehead atoms. The van der Waals surface area contributed by atoms with Crippen molar-refractivity contribution in [2.45, 2.75) is 26.2 Å². The molecule has 0 fully saturated rings. The Morgan fingerprint density at radius 1 is 1.00 bits per heavy atom. The number of hydrogen-bond acceptors (Lipinski definition) is 5. The minimum absolute atomic E-state index is 0.0438. The molecule has 0 radical (unpaired) electrons. The number of rotatable bonds is 7. The maximum absolute atomic E-state index is 12.1. The summed E-state index contributed by atoms with van der Waals surface area (Å²) >= 11 is 5.99. The van der Waals surface area contributed by atoms with Crippen molar-refractivity contribution in [2.75, 3.05) is 20.3 Å². The summed E-state index contributed by atoms with van der Waals surface area (Å²) in [5.41, 5.74) is 1.55. The molecule has 0 heterocycles. The van der Waals surface area contributed by atoms with Gasteiger partial charge in [0.15, 0.2) is 19.0 Å². The normalized spacial score (nSPS) is 11.0. The topological polar surface area (TPSA) is 61.8 Å². The van der Waals surface area contributed by atoms with Crippen LogP contribution in [-0.4, -0.2) is 32.1 Å². The lowest BCUT2D eigenvalue weighted by Gasteiger charge is -2.19. The van der Waals surface area contributed by atoms with Gasteiger partial charge in [-0.2, -0.15) is 0 Å². The van der Waals surface area contributed by atoms with Gasteiger partial charge in [-0.25, -0.2) is 4.79 Å². The van der Waals surface area contributed by atoms with Crippen LogP contribution >= 0.6 is 11.6 Å². The highest BCUT2D eigenvalue weighted by molar-refractivity contribution is 6.32. The maximum atomic E-state index is 12.1. The van der Waals surface area contributed by atoms with Gasteiger partial charge in [-0.15, -0.1) is 0 Å². The fraction of sp³-hybridized carbons (Fsp3) is 0.333. The lowest BCUT2D eigenvalue weighted by Crippen LogP contribution is -2.19. The lowest BCUT2D eigenvalue weighted by atomic mass is 9.87. The quantitative estimate of drug-likeness (QED) is 0.516. The van der Waals surface area contributed by atoms with E-state index in [1.54, 1.807) is 24.3 Å².